The standard InChI is InChI=1S/C18H32N2O5S/c1-7-15(23)26-10-13(16(24)18(4,5)6)20-17(25)12(19-11(2)3)8-9-14(21)22/h11-13,19H,7-10H2,1-6H3,(H,20,25)(H,21,22)/t12-,13-/m0/s1. The number of hydrogen-bond donors (Lipinski definition) is 3. The molecular weight excluding hydrogens is 356 g/mol. The second-order valence-electron chi connectivity index (χ2n) is 7.52. The van der Waals surface area contributed by atoms with Gasteiger partial charge in [0, 0.05) is 30.1 Å². The topological polar surface area (TPSA) is 113 Å². The predicted molar refractivity (Wildman–Crippen MR) is 103 cm³/mol. The van der Waals surface area contributed by atoms with Crippen molar-refractivity contribution in [2.24, 2.45) is 5.41 Å². The van der Waals surface area contributed by atoms with Crippen LogP contribution in [0.2, 0.25) is 0 Å². The van der Waals surface area contributed by atoms with E-state index in [0.29, 0.717) is 6.42 Å². The summed E-state index contributed by atoms with van der Waals surface area (Å²) < 4.78 is 0. The van der Waals surface area contributed by atoms with Gasteiger partial charge in [-0.05, 0) is 6.42 Å². The van der Waals surface area contributed by atoms with Crippen LogP contribution in [-0.4, -0.2) is 51.8 Å². The number of nitrogens with one attached hydrogen (secondary N) is 2. The number of amides is 1. The molecule has 8 heteroatoms. The third kappa shape index (κ3) is 9.91. The van der Waals surface area contributed by atoms with E-state index in [1.807, 2.05) is 13.8 Å². The summed E-state index contributed by atoms with van der Waals surface area (Å²) in [6.45, 7) is 10.7. The molecule has 0 heterocycles. The van der Waals surface area contributed by atoms with Crippen molar-refractivity contribution in [1.82, 2.24) is 10.6 Å². The second kappa shape index (κ2) is 11.3. The Morgan fingerprint density at radius 2 is 1.65 bits per heavy atom. The van der Waals surface area contributed by atoms with Gasteiger partial charge in [0.15, 0.2) is 10.9 Å². The molecule has 150 valence electrons. The van der Waals surface area contributed by atoms with Crippen molar-refractivity contribution in [3.8, 4) is 0 Å². The Bertz CT molecular complexity index is 514. The molecule has 1 amide bonds. The van der Waals surface area contributed by atoms with E-state index in [4.69, 9.17) is 5.11 Å². The molecule has 0 fully saturated rings. The highest BCUT2D eigenvalue weighted by Gasteiger charge is 2.33. The van der Waals surface area contributed by atoms with Gasteiger partial charge in [0.05, 0.1) is 12.1 Å². The number of carbonyl (C=O) groups is 4. The van der Waals surface area contributed by atoms with Crippen LogP contribution in [0, 0.1) is 5.41 Å². The lowest BCUT2D eigenvalue weighted by molar-refractivity contribution is -0.137. The van der Waals surface area contributed by atoms with Crippen molar-refractivity contribution in [3.63, 3.8) is 0 Å². The van der Waals surface area contributed by atoms with Crippen LogP contribution in [0.15, 0.2) is 0 Å². The number of thioether (sulfide) groups is 1. The molecule has 0 aliphatic rings. The molecule has 3 N–H and O–H groups in total. The second-order valence-corrected chi connectivity index (χ2v) is 8.60. The van der Waals surface area contributed by atoms with Crippen LogP contribution in [-0.2, 0) is 19.2 Å². The fraction of sp³-hybridized carbons (Fsp3) is 0.778. The largest absolute Gasteiger partial charge is 0.481 e. The minimum Gasteiger partial charge on any atom is -0.481 e. The Balaban J connectivity index is 5.21. The lowest BCUT2D eigenvalue weighted by atomic mass is 9.87. The van der Waals surface area contributed by atoms with Crippen LogP contribution in [0.5, 0.6) is 0 Å². The van der Waals surface area contributed by atoms with Crippen LogP contribution < -0.4 is 10.6 Å². The van der Waals surface area contributed by atoms with Gasteiger partial charge >= 0.3 is 5.97 Å². The van der Waals surface area contributed by atoms with Crippen LogP contribution in [0.3, 0.4) is 0 Å². The molecule has 0 unspecified atom stereocenters. The first-order chi connectivity index (χ1) is 11.9. The van der Waals surface area contributed by atoms with E-state index >= 15 is 0 Å². The highest BCUT2D eigenvalue weighted by molar-refractivity contribution is 8.13. The highest BCUT2D eigenvalue weighted by atomic mass is 32.2. The first-order valence-corrected chi connectivity index (χ1v) is 9.85. The number of rotatable bonds is 11. The van der Waals surface area contributed by atoms with Crippen molar-refractivity contribution in [3.05, 3.63) is 0 Å². The number of aliphatic carboxylic acids is 1. The van der Waals surface area contributed by atoms with Crippen molar-refractivity contribution in [2.45, 2.75) is 78.9 Å². The minimum absolute atomic E-state index is 0.0210. The molecule has 0 aliphatic heterocycles. The average Bonchev–Trinajstić information content (AvgIpc) is 2.52. The van der Waals surface area contributed by atoms with Crippen molar-refractivity contribution < 1.29 is 24.3 Å². The van der Waals surface area contributed by atoms with Crippen molar-refractivity contribution >= 4 is 34.5 Å². The van der Waals surface area contributed by atoms with Gasteiger partial charge in [-0.15, -0.1) is 0 Å². The molecule has 7 nitrogen and oxygen atoms in total. The number of hydrogen-bond acceptors (Lipinski definition) is 6. The van der Waals surface area contributed by atoms with Crippen LogP contribution in [0.1, 0.15) is 60.8 Å². The zero-order valence-corrected chi connectivity index (χ0v) is 17.4. The monoisotopic (exact) mass is 388 g/mol. The fourth-order valence-corrected chi connectivity index (χ4v) is 3.01. The molecule has 0 saturated heterocycles. The van der Waals surface area contributed by atoms with E-state index in [1.54, 1.807) is 27.7 Å². The molecule has 0 radical (unpaired) electrons. The number of carboxylic acid groups (broad SMARTS) is 1. The molecule has 0 aromatic heterocycles. The summed E-state index contributed by atoms with van der Waals surface area (Å²) in [7, 11) is 0. The molecule has 0 bridgehead atoms. The first-order valence-electron chi connectivity index (χ1n) is 8.86. The Morgan fingerprint density at radius 3 is 2.08 bits per heavy atom. The predicted octanol–water partition coefficient (Wildman–Crippen LogP) is 1.99. The zero-order chi connectivity index (χ0) is 20.5. The average molecular weight is 389 g/mol. The maximum atomic E-state index is 12.7. The summed E-state index contributed by atoms with van der Waals surface area (Å²) in [6, 6.07) is -1.54. The number of carbonyl (C=O) groups excluding carboxylic acids is 3. The van der Waals surface area contributed by atoms with Crippen LogP contribution >= 0.6 is 11.8 Å². The van der Waals surface area contributed by atoms with Gasteiger partial charge in [0.2, 0.25) is 5.91 Å². The third-order valence-electron chi connectivity index (χ3n) is 3.57. The summed E-state index contributed by atoms with van der Waals surface area (Å²) in [6.07, 6.45) is 0.320. The van der Waals surface area contributed by atoms with Gasteiger partial charge in [-0.2, -0.15) is 0 Å². The molecule has 0 aromatic rings. The third-order valence-corrected chi connectivity index (χ3v) is 4.68. The quantitative estimate of drug-likeness (QED) is 0.496. The zero-order valence-electron chi connectivity index (χ0n) is 16.5. The summed E-state index contributed by atoms with van der Waals surface area (Å²) in [5, 5.41) is 14.6. The van der Waals surface area contributed by atoms with Gasteiger partial charge in [-0.1, -0.05) is 53.3 Å². The molecule has 0 aliphatic carbocycles. The summed E-state index contributed by atoms with van der Waals surface area (Å²) in [5.41, 5.74) is -0.671. The van der Waals surface area contributed by atoms with E-state index in [-0.39, 0.29) is 35.5 Å². The van der Waals surface area contributed by atoms with E-state index in [2.05, 4.69) is 10.6 Å². The maximum absolute atomic E-state index is 12.7. The molecule has 0 aromatic carbocycles. The van der Waals surface area contributed by atoms with Gasteiger partial charge in [0.25, 0.3) is 0 Å². The van der Waals surface area contributed by atoms with Crippen molar-refractivity contribution in [2.75, 3.05) is 5.75 Å². The summed E-state index contributed by atoms with van der Waals surface area (Å²) >= 11 is 1.03. The normalized spacial score (nSPS) is 14.0. The lowest BCUT2D eigenvalue weighted by Crippen LogP contribution is -2.54. The maximum Gasteiger partial charge on any atom is 0.303 e. The molecular formula is C18H32N2O5S. The molecule has 2 atom stereocenters. The Morgan fingerprint density at radius 1 is 1.08 bits per heavy atom. The smallest absolute Gasteiger partial charge is 0.303 e. The van der Waals surface area contributed by atoms with Gasteiger partial charge in [0.1, 0.15) is 0 Å². The Hall–Kier alpha value is -1.41. The van der Waals surface area contributed by atoms with E-state index in [9.17, 15) is 19.2 Å². The van der Waals surface area contributed by atoms with E-state index < -0.39 is 29.4 Å². The number of ketones is 1. The lowest BCUT2D eigenvalue weighted by Gasteiger charge is -2.27. The van der Waals surface area contributed by atoms with Gasteiger partial charge in [-0.25, -0.2) is 0 Å². The Labute approximate surface area is 160 Å². The number of Topliss-reactive ketones (excluding diaryl/α,β-unsaturated/α-hetero) is 1. The first kappa shape index (κ1) is 24.6. The van der Waals surface area contributed by atoms with Gasteiger partial charge in [-0.3, -0.25) is 19.2 Å². The molecule has 0 saturated carbocycles. The van der Waals surface area contributed by atoms with Crippen molar-refractivity contribution in [1.29, 1.82) is 0 Å². The van der Waals surface area contributed by atoms with E-state index in [1.165, 1.54) is 0 Å². The van der Waals surface area contributed by atoms with Crippen LogP contribution in [0.25, 0.3) is 0 Å². The highest BCUT2D eigenvalue weighted by Crippen LogP contribution is 2.20. The summed E-state index contributed by atoms with van der Waals surface area (Å²) in [5.74, 6) is -1.40. The fourth-order valence-electron chi connectivity index (χ4n) is 2.22. The molecule has 0 spiro atoms. The van der Waals surface area contributed by atoms with E-state index in [0.717, 1.165) is 11.8 Å². The summed E-state index contributed by atoms with van der Waals surface area (Å²) in [4.78, 5) is 47.7. The molecule has 0 rings (SSSR count). The van der Waals surface area contributed by atoms with Gasteiger partial charge < -0.3 is 15.7 Å². The Kier molecular flexibility index (Phi) is 10.7. The number of carboxylic acids is 1. The van der Waals surface area contributed by atoms with Crippen LogP contribution in [0.4, 0.5) is 0 Å². The SMILES string of the molecule is CCC(=O)SC[C@H](NC(=O)[C@H](CCC(=O)O)NC(C)C)C(=O)C(C)(C)C. The minimum atomic E-state index is -0.986. The molecule has 26 heavy (non-hydrogen) atoms.